The normalized spacial score (nSPS) is 15.3. The van der Waals surface area contributed by atoms with Gasteiger partial charge in [-0.3, -0.25) is 15.6 Å². The first kappa shape index (κ1) is 17.1. The van der Waals surface area contributed by atoms with E-state index in [2.05, 4.69) is 21.2 Å². The molecule has 0 aromatic carbocycles. The van der Waals surface area contributed by atoms with E-state index >= 15 is 0 Å². The van der Waals surface area contributed by atoms with Crippen LogP contribution in [0.15, 0.2) is 5.38 Å². The van der Waals surface area contributed by atoms with E-state index in [4.69, 9.17) is 17.0 Å². The van der Waals surface area contributed by atoms with Gasteiger partial charge in [-0.15, -0.1) is 11.3 Å². The molecule has 2 rings (SSSR count). The molecule has 9 heteroatoms. The van der Waals surface area contributed by atoms with Crippen molar-refractivity contribution in [3.8, 4) is 0 Å². The van der Waals surface area contributed by atoms with Gasteiger partial charge in [0.2, 0.25) is 5.91 Å². The van der Waals surface area contributed by atoms with Crippen LogP contribution in [0.25, 0.3) is 0 Å². The number of aryl methyl sites for hydroxylation is 1. The second-order valence-electron chi connectivity index (χ2n) is 5.10. The Morgan fingerprint density at radius 2 is 2.23 bits per heavy atom. The van der Waals surface area contributed by atoms with Crippen molar-refractivity contribution >= 4 is 34.6 Å². The highest BCUT2D eigenvalue weighted by Gasteiger charge is 2.13. The molecule has 0 unspecified atom stereocenters. The first-order valence-electron chi connectivity index (χ1n) is 7.28. The molecule has 1 amide bonds. The Morgan fingerprint density at radius 3 is 2.91 bits per heavy atom. The minimum Gasteiger partial charge on any atom is -0.370 e. The molecule has 122 valence electrons. The zero-order valence-corrected chi connectivity index (χ0v) is 14.2. The molecule has 4 N–H and O–H groups in total. The minimum atomic E-state index is -0.155. The Hall–Kier alpha value is -1.29. The Bertz CT molecular complexity index is 502. The van der Waals surface area contributed by atoms with Crippen LogP contribution in [0, 0.1) is 6.92 Å². The van der Waals surface area contributed by atoms with Crippen molar-refractivity contribution in [3.05, 3.63) is 16.1 Å². The predicted octanol–water partition coefficient (Wildman–Crippen LogP) is -1.60. The van der Waals surface area contributed by atoms with Crippen LogP contribution in [-0.2, 0) is 16.0 Å². The summed E-state index contributed by atoms with van der Waals surface area (Å²) >= 11 is 6.60. The van der Waals surface area contributed by atoms with Gasteiger partial charge in [0.15, 0.2) is 5.11 Å². The zero-order chi connectivity index (χ0) is 15.8. The molecular formula is C13H22N5O2S2+. The molecule has 1 saturated heterocycles. The number of nitrogens with zero attached hydrogens (tertiary/aromatic N) is 1. The number of quaternary nitrogens is 1. The maximum absolute atomic E-state index is 11.7. The fourth-order valence-electron chi connectivity index (χ4n) is 2.10. The lowest BCUT2D eigenvalue weighted by Crippen LogP contribution is -3.14. The van der Waals surface area contributed by atoms with E-state index in [1.807, 2.05) is 12.3 Å². The zero-order valence-electron chi connectivity index (χ0n) is 12.6. The number of hydrazine groups is 1. The van der Waals surface area contributed by atoms with Crippen molar-refractivity contribution < 1.29 is 14.4 Å². The van der Waals surface area contributed by atoms with Crippen LogP contribution in [0.3, 0.4) is 0 Å². The number of thiazole rings is 1. The SMILES string of the molecule is Cc1csc(CC(=O)NNC(=S)NCC[NH+]2CCOCC2)n1. The van der Waals surface area contributed by atoms with Crippen molar-refractivity contribution in [2.24, 2.45) is 0 Å². The third kappa shape index (κ3) is 6.22. The lowest BCUT2D eigenvalue weighted by atomic mass is 10.4. The summed E-state index contributed by atoms with van der Waals surface area (Å²) in [4.78, 5) is 17.5. The first-order valence-corrected chi connectivity index (χ1v) is 8.57. The van der Waals surface area contributed by atoms with Crippen molar-refractivity contribution in [2.45, 2.75) is 13.3 Å². The number of amides is 1. The Kier molecular flexibility index (Phi) is 6.97. The molecule has 0 bridgehead atoms. The first-order chi connectivity index (χ1) is 10.6. The number of ether oxygens (including phenoxy) is 1. The summed E-state index contributed by atoms with van der Waals surface area (Å²) in [6.45, 7) is 7.37. The number of rotatable bonds is 5. The quantitative estimate of drug-likeness (QED) is 0.381. The number of carbonyl (C=O) groups excluding carboxylic acids is 1. The number of morpholine rings is 1. The maximum atomic E-state index is 11.7. The number of nitrogens with one attached hydrogen (secondary N) is 4. The van der Waals surface area contributed by atoms with Gasteiger partial charge >= 0.3 is 0 Å². The monoisotopic (exact) mass is 344 g/mol. The van der Waals surface area contributed by atoms with E-state index in [1.54, 1.807) is 0 Å². The number of hydrogen-bond donors (Lipinski definition) is 4. The molecule has 1 fully saturated rings. The minimum absolute atomic E-state index is 0.155. The molecule has 1 aromatic heterocycles. The summed E-state index contributed by atoms with van der Waals surface area (Å²) in [5.41, 5.74) is 6.22. The number of carbonyl (C=O) groups is 1. The van der Waals surface area contributed by atoms with E-state index in [0.717, 1.165) is 50.1 Å². The summed E-state index contributed by atoms with van der Waals surface area (Å²) in [6, 6.07) is 0. The topological polar surface area (TPSA) is 79.7 Å². The predicted molar refractivity (Wildman–Crippen MR) is 88.8 cm³/mol. The molecule has 22 heavy (non-hydrogen) atoms. The van der Waals surface area contributed by atoms with Crippen LogP contribution in [0.1, 0.15) is 10.7 Å². The van der Waals surface area contributed by atoms with Gasteiger partial charge in [0.05, 0.1) is 32.7 Å². The van der Waals surface area contributed by atoms with E-state index in [1.165, 1.54) is 16.2 Å². The summed E-state index contributed by atoms with van der Waals surface area (Å²) in [5, 5.41) is 6.24. The molecule has 0 atom stereocenters. The van der Waals surface area contributed by atoms with Gasteiger partial charge in [-0.1, -0.05) is 0 Å². The summed E-state index contributed by atoms with van der Waals surface area (Å²) in [7, 11) is 0. The molecule has 0 aliphatic carbocycles. The van der Waals surface area contributed by atoms with Crippen LogP contribution in [0.5, 0.6) is 0 Å². The highest BCUT2D eigenvalue weighted by atomic mass is 32.1. The number of aromatic nitrogens is 1. The molecular weight excluding hydrogens is 322 g/mol. The van der Waals surface area contributed by atoms with Crippen LogP contribution in [-0.4, -0.2) is 55.4 Å². The van der Waals surface area contributed by atoms with Crippen molar-refractivity contribution in [1.82, 2.24) is 21.2 Å². The summed E-state index contributed by atoms with van der Waals surface area (Å²) in [5.74, 6) is -0.155. The van der Waals surface area contributed by atoms with Gasteiger partial charge in [0.25, 0.3) is 0 Å². The lowest BCUT2D eigenvalue weighted by molar-refractivity contribution is -0.906. The van der Waals surface area contributed by atoms with Crippen molar-refractivity contribution in [1.29, 1.82) is 0 Å². The van der Waals surface area contributed by atoms with Crippen LogP contribution >= 0.6 is 23.6 Å². The van der Waals surface area contributed by atoms with E-state index in [9.17, 15) is 4.79 Å². The van der Waals surface area contributed by atoms with Crippen molar-refractivity contribution in [2.75, 3.05) is 39.4 Å². The van der Waals surface area contributed by atoms with Gasteiger partial charge in [-0.25, -0.2) is 4.98 Å². The maximum Gasteiger partial charge on any atom is 0.245 e. The molecule has 0 radical (unpaired) electrons. The lowest BCUT2D eigenvalue weighted by Gasteiger charge is -2.24. The Labute approximate surface area is 139 Å². The van der Waals surface area contributed by atoms with Gasteiger partial charge in [-0.2, -0.15) is 0 Å². The molecule has 0 spiro atoms. The summed E-state index contributed by atoms with van der Waals surface area (Å²) in [6.07, 6.45) is 0.256. The molecule has 1 aliphatic rings. The molecule has 1 aliphatic heterocycles. The Balaban J connectivity index is 1.55. The van der Waals surface area contributed by atoms with Crippen LogP contribution in [0.2, 0.25) is 0 Å². The largest absolute Gasteiger partial charge is 0.370 e. The molecule has 7 nitrogen and oxygen atoms in total. The highest BCUT2D eigenvalue weighted by Crippen LogP contribution is 2.08. The van der Waals surface area contributed by atoms with E-state index < -0.39 is 0 Å². The van der Waals surface area contributed by atoms with Crippen LogP contribution < -0.4 is 21.1 Å². The van der Waals surface area contributed by atoms with Gasteiger partial charge in [0.1, 0.15) is 18.1 Å². The average Bonchev–Trinajstić information content (AvgIpc) is 2.91. The molecule has 2 heterocycles. The smallest absolute Gasteiger partial charge is 0.245 e. The molecule has 1 aromatic rings. The second-order valence-corrected chi connectivity index (χ2v) is 6.45. The van der Waals surface area contributed by atoms with Gasteiger partial charge in [-0.05, 0) is 19.1 Å². The fraction of sp³-hybridized carbons (Fsp3) is 0.615. The van der Waals surface area contributed by atoms with Gasteiger partial charge < -0.3 is 15.0 Å². The third-order valence-corrected chi connectivity index (χ3v) is 4.47. The standard InChI is InChI=1S/C13H21N5O2S2/c1-10-9-22-12(15-10)8-11(19)16-17-13(21)14-2-3-18-4-6-20-7-5-18/h9H,2-8H2,1H3,(H,16,19)(H2,14,17,21)/p+1. The van der Waals surface area contributed by atoms with Crippen LogP contribution in [0.4, 0.5) is 0 Å². The van der Waals surface area contributed by atoms with Crippen molar-refractivity contribution in [3.63, 3.8) is 0 Å². The highest BCUT2D eigenvalue weighted by molar-refractivity contribution is 7.80. The summed E-state index contributed by atoms with van der Waals surface area (Å²) < 4.78 is 5.31. The second kappa shape index (κ2) is 8.99. The number of thiocarbonyl (C=S) groups is 1. The Morgan fingerprint density at radius 1 is 1.45 bits per heavy atom. The van der Waals surface area contributed by atoms with E-state index in [-0.39, 0.29) is 12.3 Å². The van der Waals surface area contributed by atoms with Gasteiger partial charge in [0, 0.05) is 11.1 Å². The molecule has 0 saturated carbocycles. The third-order valence-electron chi connectivity index (χ3n) is 3.26. The van der Waals surface area contributed by atoms with E-state index in [0.29, 0.717) is 5.11 Å². The average molecular weight is 344 g/mol. The fourth-order valence-corrected chi connectivity index (χ4v) is 3.02. The number of hydrogen-bond acceptors (Lipinski definition) is 5.